The summed E-state index contributed by atoms with van der Waals surface area (Å²) in [5, 5.41) is 0.587. The summed E-state index contributed by atoms with van der Waals surface area (Å²) in [6.45, 7) is 0.355. The number of ether oxygens (including phenoxy) is 2. The van der Waals surface area contributed by atoms with Crippen molar-refractivity contribution in [3.8, 4) is 11.5 Å². The first-order valence-corrected chi connectivity index (χ1v) is 6.08. The number of alkyl halides is 4. The van der Waals surface area contributed by atoms with E-state index in [1.54, 1.807) is 0 Å². The molecule has 0 aromatic heterocycles. The van der Waals surface area contributed by atoms with Crippen molar-refractivity contribution in [1.82, 2.24) is 0 Å². The highest BCUT2D eigenvalue weighted by molar-refractivity contribution is 9.10. The van der Waals surface area contributed by atoms with Crippen LogP contribution in [0.4, 0.5) is 13.2 Å². The molecule has 1 rings (SSSR count). The summed E-state index contributed by atoms with van der Waals surface area (Å²) in [7, 11) is 0. The third kappa shape index (κ3) is 4.61. The summed E-state index contributed by atoms with van der Waals surface area (Å²) in [4.78, 5) is 0. The lowest BCUT2D eigenvalue weighted by atomic mass is 10.3. The fourth-order valence-electron chi connectivity index (χ4n) is 0.940. The van der Waals surface area contributed by atoms with Gasteiger partial charge in [0.15, 0.2) is 0 Å². The average molecular weight is 364 g/mol. The molecule has 1 aromatic rings. The smallest absolute Gasteiger partial charge is 0.491 e. The third-order valence-electron chi connectivity index (χ3n) is 1.47. The maximum absolute atomic E-state index is 11.9. The Labute approximate surface area is 107 Å². The zero-order valence-corrected chi connectivity index (χ0v) is 11.0. The molecule has 0 atom stereocenters. The molecule has 0 bridgehead atoms. The van der Waals surface area contributed by atoms with Gasteiger partial charge in [0.25, 0.3) is 0 Å². The number of rotatable bonds is 4. The van der Waals surface area contributed by atoms with Gasteiger partial charge in [0, 0.05) is 11.4 Å². The molecular formula is C9H7Br2F3O2. The predicted molar refractivity (Wildman–Crippen MR) is 60.1 cm³/mol. The highest BCUT2D eigenvalue weighted by Crippen LogP contribution is 2.32. The van der Waals surface area contributed by atoms with Crippen molar-refractivity contribution in [3.63, 3.8) is 0 Å². The van der Waals surface area contributed by atoms with Gasteiger partial charge in [-0.05, 0) is 28.1 Å². The standard InChI is InChI=1S/C9H7Br2F3O2/c10-3-4-15-8-5-6(1-2-7(8)11)16-9(12,13)14/h1-2,5H,3-4H2. The first kappa shape index (κ1) is 13.6. The molecule has 0 radical (unpaired) electrons. The summed E-state index contributed by atoms with van der Waals surface area (Å²) in [6.07, 6.45) is -4.69. The van der Waals surface area contributed by atoms with E-state index >= 15 is 0 Å². The van der Waals surface area contributed by atoms with Crippen LogP contribution >= 0.6 is 31.9 Å². The second-order valence-electron chi connectivity index (χ2n) is 2.68. The Hall–Kier alpha value is -0.430. The van der Waals surface area contributed by atoms with Crippen LogP contribution in [0.3, 0.4) is 0 Å². The van der Waals surface area contributed by atoms with Crippen LogP contribution < -0.4 is 9.47 Å². The Bertz CT molecular complexity index is 355. The van der Waals surface area contributed by atoms with Gasteiger partial charge in [-0.1, -0.05) is 15.9 Å². The quantitative estimate of drug-likeness (QED) is 0.749. The van der Waals surface area contributed by atoms with E-state index < -0.39 is 6.36 Å². The summed E-state index contributed by atoms with van der Waals surface area (Å²) < 4.78 is 45.4. The molecular weight excluding hydrogens is 357 g/mol. The molecule has 0 spiro atoms. The van der Waals surface area contributed by atoms with E-state index in [0.29, 0.717) is 22.2 Å². The Morgan fingerprint density at radius 3 is 2.50 bits per heavy atom. The fraction of sp³-hybridized carbons (Fsp3) is 0.333. The SMILES string of the molecule is FC(F)(F)Oc1ccc(Br)c(OCCBr)c1. The van der Waals surface area contributed by atoms with Crippen LogP contribution in [0, 0.1) is 0 Å². The average Bonchev–Trinajstić information content (AvgIpc) is 2.17. The van der Waals surface area contributed by atoms with Crippen molar-refractivity contribution >= 4 is 31.9 Å². The molecule has 0 fully saturated rings. The molecule has 2 nitrogen and oxygen atoms in total. The molecule has 90 valence electrons. The number of hydrogen-bond donors (Lipinski definition) is 0. The van der Waals surface area contributed by atoms with Crippen LogP contribution in [0.2, 0.25) is 0 Å². The molecule has 0 N–H and O–H groups in total. The van der Waals surface area contributed by atoms with E-state index in [1.165, 1.54) is 18.2 Å². The van der Waals surface area contributed by atoms with E-state index in [9.17, 15) is 13.2 Å². The molecule has 0 amide bonds. The zero-order chi connectivity index (χ0) is 12.2. The largest absolute Gasteiger partial charge is 0.573 e. The van der Waals surface area contributed by atoms with Crippen LogP contribution in [0.1, 0.15) is 0 Å². The molecule has 0 saturated heterocycles. The first-order chi connectivity index (χ1) is 7.42. The highest BCUT2D eigenvalue weighted by Gasteiger charge is 2.31. The zero-order valence-electron chi connectivity index (χ0n) is 7.85. The second-order valence-corrected chi connectivity index (χ2v) is 4.32. The Morgan fingerprint density at radius 1 is 1.25 bits per heavy atom. The van der Waals surface area contributed by atoms with Gasteiger partial charge in [0.2, 0.25) is 0 Å². The minimum absolute atomic E-state index is 0.305. The van der Waals surface area contributed by atoms with Gasteiger partial charge < -0.3 is 9.47 Å². The van der Waals surface area contributed by atoms with Gasteiger partial charge in [0.1, 0.15) is 11.5 Å². The Kier molecular flexibility index (Phi) is 4.91. The predicted octanol–water partition coefficient (Wildman–Crippen LogP) is 4.12. The highest BCUT2D eigenvalue weighted by atomic mass is 79.9. The lowest BCUT2D eigenvalue weighted by Gasteiger charge is -2.11. The summed E-state index contributed by atoms with van der Waals surface area (Å²) in [6, 6.07) is 3.82. The molecule has 0 aliphatic heterocycles. The van der Waals surface area contributed by atoms with Gasteiger partial charge in [-0.25, -0.2) is 0 Å². The van der Waals surface area contributed by atoms with Crippen molar-refractivity contribution in [2.75, 3.05) is 11.9 Å². The van der Waals surface area contributed by atoms with Crippen LogP contribution in [-0.2, 0) is 0 Å². The summed E-state index contributed by atoms with van der Waals surface area (Å²) in [5.74, 6) is 0.00136. The maximum atomic E-state index is 11.9. The van der Waals surface area contributed by atoms with Gasteiger partial charge >= 0.3 is 6.36 Å². The molecule has 0 heterocycles. The summed E-state index contributed by atoms with van der Waals surface area (Å²) in [5.41, 5.74) is 0. The molecule has 7 heteroatoms. The molecule has 0 unspecified atom stereocenters. The van der Waals surface area contributed by atoms with E-state index in [2.05, 4.69) is 36.6 Å². The molecule has 16 heavy (non-hydrogen) atoms. The van der Waals surface area contributed by atoms with E-state index in [4.69, 9.17) is 4.74 Å². The van der Waals surface area contributed by atoms with Gasteiger partial charge in [-0.15, -0.1) is 13.2 Å². The van der Waals surface area contributed by atoms with Crippen molar-refractivity contribution in [3.05, 3.63) is 22.7 Å². The van der Waals surface area contributed by atoms with Crippen molar-refractivity contribution in [1.29, 1.82) is 0 Å². The van der Waals surface area contributed by atoms with E-state index in [-0.39, 0.29) is 5.75 Å². The molecule has 1 aromatic carbocycles. The van der Waals surface area contributed by atoms with Gasteiger partial charge in [-0.2, -0.15) is 0 Å². The van der Waals surface area contributed by atoms with Crippen LogP contribution in [0.15, 0.2) is 22.7 Å². The van der Waals surface area contributed by atoms with Crippen molar-refractivity contribution in [2.45, 2.75) is 6.36 Å². The normalized spacial score (nSPS) is 11.3. The first-order valence-electron chi connectivity index (χ1n) is 4.16. The van der Waals surface area contributed by atoms with E-state index in [0.717, 1.165) is 0 Å². The fourth-order valence-corrected chi connectivity index (χ4v) is 1.46. The lowest BCUT2D eigenvalue weighted by Crippen LogP contribution is -2.17. The topological polar surface area (TPSA) is 18.5 Å². The Balaban J connectivity index is 2.81. The van der Waals surface area contributed by atoms with Crippen LogP contribution in [0.25, 0.3) is 0 Å². The van der Waals surface area contributed by atoms with E-state index in [1.807, 2.05) is 0 Å². The second kappa shape index (κ2) is 5.77. The lowest BCUT2D eigenvalue weighted by molar-refractivity contribution is -0.274. The number of hydrogen-bond acceptors (Lipinski definition) is 2. The molecule has 0 saturated carbocycles. The van der Waals surface area contributed by atoms with Crippen molar-refractivity contribution < 1.29 is 22.6 Å². The Morgan fingerprint density at radius 2 is 1.94 bits per heavy atom. The molecule has 0 aliphatic rings. The number of halogens is 5. The van der Waals surface area contributed by atoms with Crippen molar-refractivity contribution in [2.24, 2.45) is 0 Å². The van der Waals surface area contributed by atoms with Gasteiger partial charge in [-0.3, -0.25) is 0 Å². The summed E-state index contributed by atoms with van der Waals surface area (Å²) >= 11 is 6.31. The van der Waals surface area contributed by atoms with Crippen LogP contribution in [-0.4, -0.2) is 18.3 Å². The van der Waals surface area contributed by atoms with Gasteiger partial charge in [0.05, 0.1) is 11.1 Å². The third-order valence-corrected chi connectivity index (χ3v) is 2.45. The number of benzene rings is 1. The minimum atomic E-state index is -4.69. The minimum Gasteiger partial charge on any atom is -0.491 e. The maximum Gasteiger partial charge on any atom is 0.573 e. The van der Waals surface area contributed by atoms with Crippen LogP contribution in [0.5, 0.6) is 11.5 Å². The molecule has 0 aliphatic carbocycles. The monoisotopic (exact) mass is 362 g/mol.